The summed E-state index contributed by atoms with van der Waals surface area (Å²) >= 11 is 1.61. The van der Waals surface area contributed by atoms with Crippen LogP contribution >= 0.6 is 11.3 Å². The fraction of sp³-hybridized carbons (Fsp3) is 0.188. The van der Waals surface area contributed by atoms with E-state index in [0.717, 1.165) is 21.9 Å². The highest BCUT2D eigenvalue weighted by atomic mass is 32.1. The second kappa shape index (κ2) is 6.01. The molecule has 0 saturated heterocycles. The molecule has 21 heavy (non-hydrogen) atoms. The van der Waals surface area contributed by atoms with Gasteiger partial charge in [-0.1, -0.05) is 12.1 Å². The standard InChI is InChI=1S/C16H15NO3S/c1-17(16(18)7-5-13-3-2-8-21-13)10-12-4-6-14-15(9-12)20-11-19-14/h2-9H,10-11H2,1H3/b7-5+. The van der Waals surface area contributed by atoms with Crippen molar-refractivity contribution >= 4 is 23.3 Å². The van der Waals surface area contributed by atoms with Crippen molar-refractivity contribution in [3.8, 4) is 11.5 Å². The van der Waals surface area contributed by atoms with Crippen molar-refractivity contribution in [2.75, 3.05) is 13.8 Å². The van der Waals surface area contributed by atoms with Crippen LogP contribution in [0, 0.1) is 0 Å². The van der Waals surface area contributed by atoms with Gasteiger partial charge < -0.3 is 14.4 Å². The summed E-state index contributed by atoms with van der Waals surface area (Å²) < 4.78 is 10.6. The molecule has 0 fully saturated rings. The number of ether oxygens (including phenoxy) is 2. The lowest BCUT2D eigenvalue weighted by molar-refractivity contribution is -0.125. The number of carbonyl (C=O) groups is 1. The average molecular weight is 301 g/mol. The summed E-state index contributed by atoms with van der Waals surface area (Å²) in [5.74, 6) is 1.47. The highest BCUT2D eigenvalue weighted by Crippen LogP contribution is 2.32. The predicted octanol–water partition coefficient (Wildman–Crippen LogP) is 3.15. The zero-order chi connectivity index (χ0) is 14.7. The molecule has 0 spiro atoms. The minimum Gasteiger partial charge on any atom is -0.454 e. The van der Waals surface area contributed by atoms with Crippen LogP contribution < -0.4 is 9.47 Å². The zero-order valence-corrected chi connectivity index (χ0v) is 12.4. The predicted molar refractivity (Wildman–Crippen MR) is 82.4 cm³/mol. The van der Waals surface area contributed by atoms with E-state index in [0.29, 0.717) is 6.54 Å². The Morgan fingerprint density at radius 3 is 3.00 bits per heavy atom. The van der Waals surface area contributed by atoms with Crippen LogP contribution in [0.1, 0.15) is 10.4 Å². The highest BCUT2D eigenvalue weighted by Gasteiger charge is 2.14. The van der Waals surface area contributed by atoms with Gasteiger partial charge in [0, 0.05) is 24.5 Å². The molecule has 0 aliphatic carbocycles. The molecule has 4 nitrogen and oxygen atoms in total. The molecule has 0 bridgehead atoms. The smallest absolute Gasteiger partial charge is 0.246 e. The molecule has 1 aromatic carbocycles. The number of likely N-dealkylation sites (N-methyl/N-ethyl adjacent to an activating group) is 1. The number of carbonyl (C=O) groups excluding carboxylic acids is 1. The van der Waals surface area contributed by atoms with E-state index in [1.54, 1.807) is 29.4 Å². The highest BCUT2D eigenvalue weighted by molar-refractivity contribution is 7.10. The minimum absolute atomic E-state index is 0.0268. The molecule has 0 radical (unpaired) electrons. The van der Waals surface area contributed by atoms with Gasteiger partial charge in [-0.15, -0.1) is 11.3 Å². The molecule has 0 N–H and O–H groups in total. The molecule has 1 amide bonds. The van der Waals surface area contributed by atoms with Crippen LogP contribution in [0.5, 0.6) is 11.5 Å². The maximum absolute atomic E-state index is 12.1. The van der Waals surface area contributed by atoms with Crippen LogP contribution in [-0.2, 0) is 11.3 Å². The molecule has 1 aromatic heterocycles. The Morgan fingerprint density at radius 1 is 1.33 bits per heavy atom. The van der Waals surface area contributed by atoms with Crippen LogP contribution in [0.3, 0.4) is 0 Å². The molecule has 1 aliphatic rings. The van der Waals surface area contributed by atoms with Gasteiger partial charge in [-0.05, 0) is 35.2 Å². The molecule has 3 rings (SSSR count). The summed E-state index contributed by atoms with van der Waals surface area (Å²) in [4.78, 5) is 14.8. The number of hydrogen-bond donors (Lipinski definition) is 0. The maximum Gasteiger partial charge on any atom is 0.246 e. The fourth-order valence-corrected chi connectivity index (χ4v) is 2.68. The topological polar surface area (TPSA) is 38.8 Å². The van der Waals surface area contributed by atoms with Crippen LogP contribution in [0.15, 0.2) is 41.8 Å². The van der Waals surface area contributed by atoms with E-state index in [9.17, 15) is 4.79 Å². The summed E-state index contributed by atoms with van der Waals surface area (Å²) in [6.07, 6.45) is 3.43. The Bertz CT molecular complexity index is 664. The van der Waals surface area contributed by atoms with Crippen LogP contribution in [0.25, 0.3) is 6.08 Å². The molecular formula is C16H15NO3S. The number of thiophene rings is 1. The van der Waals surface area contributed by atoms with Gasteiger partial charge >= 0.3 is 0 Å². The lowest BCUT2D eigenvalue weighted by Gasteiger charge is -2.15. The number of nitrogens with zero attached hydrogens (tertiary/aromatic N) is 1. The third-order valence-corrected chi connectivity index (χ3v) is 4.00. The van der Waals surface area contributed by atoms with Gasteiger partial charge in [0.2, 0.25) is 12.7 Å². The SMILES string of the molecule is CN(Cc1ccc2c(c1)OCO2)C(=O)/C=C/c1cccs1. The molecule has 0 unspecified atom stereocenters. The van der Waals surface area contributed by atoms with E-state index < -0.39 is 0 Å². The van der Waals surface area contributed by atoms with Gasteiger partial charge in [0.25, 0.3) is 0 Å². The zero-order valence-electron chi connectivity index (χ0n) is 11.6. The summed E-state index contributed by atoms with van der Waals surface area (Å²) in [6, 6.07) is 9.67. The summed E-state index contributed by atoms with van der Waals surface area (Å²) in [5, 5.41) is 1.99. The Morgan fingerprint density at radius 2 is 2.19 bits per heavy atom. The molecule has 0 atom stereocenters. The molecular weight excluding hydrogens is 286 g/mol. The van der Waals surface area contributed by atoms with Crippen molar-refractivity contribution in [1.82, 2.24) is 4.90 Å². The first-order valence-corrected chi connectivity index (χ1v) is 7.45. The monoisotopic (exact) mass is 301 g/mol. The first-order chi connectivity index (χ1) is 10.2. The Labute approximate surface area is 127 Å². The number of amides is 1. The van der Waals surface area contributed by atoms with Crippen molar-refractivity contribution in [1.29, 1.82) is 0 Å². The third kappa shape index (κ3) is 3.25. The van der Waals surface area contributed by atoms with Crippen molar-refractivity contribution in [2.24, 2.45) is 0 Å². The Kier molecular flexibility index (Phi) is 3.92. The number of benzene rings is 1. The van der Waals surface area contributed by atoms with Gasteiger partial charge in [0.1, 0.15) is 0 Å². The van der Waals surface area contributed by atoms with E-state index in [4.69, 9.17) is 9.47 Å². The summed E-state index contributed by atoms with van der Waals surface area (Å²) in [5.41, 5.74) is 1.01. The number of rotatable bonds is 4. The van der Waals surface area contributed by atoms with Gasteiger partial charge in [0.15, 0.2) is 11.5 Å². The van der Waals surface area contributed by atoms with E-state index in [1.165, 1.54) is 0 Å². The lowest BCUT2D eigenvalue weighted by Crippen LogP contribution is -2.24. The lowest BCUT2D eigenvalue weighted by atomic mass is 10.2. The van der Waals surface area contributed by atoms with Crippen molar-refractivity contribution in [3.05, 3.63) is 52.2 Å². The molecule has 1 aliphatic heterocycles. The quantitative estimate of drug-likeness (QED) is 0.814. The van der Waals surface area contributed by atoms with E-state index in [2.05, 4.69) is 0 Å². The first kappa shape index (κ1) is 13.7. The maximum atomic E-state index is 12.1. The van der Waals surface area contributed by atoms with Crippen molar-refractivity contribution in [2.45, 2.75) is 6.54 Å². The normalized spacial score (nSPS) is 12.8. The third-order valence-electron chi connectivity index (χ3n) is 3.17. The second-order valence-electron chi connectivity index (χ2n) is 4.73. The summed E-state index contributed by atoms with van der Waals surface area (Å²) in [6.45, 7) is 0.793. The largest absolute Gasteiger partial charge is 0.454 e. The molecule has 0 saturated carbocycles. The number of hydrogen-bond acceptors (Lipinski definition) is 4. The van der Waals surface area contributed by atoms with Crippen LogP contribution in [0.2, 0.25) is 0 Å². The minimum atomic E-state index is -0.0268. The summed E-state index contributed by atoms with van der Waals surface area (Å²) in [7, 11) is 1.78. The van der Waals surface area contributed by atoms with E-state index in [1.807, 2.05) is 41.8 Å². The van der Waals surface area contributed by atoms with Gasteiger partial charge in [0.05, 0.1) is 0 Å². The number of fused-ring (bicyclic) bond motifs is 1. The van der Waals surface area contributed by atoms with Crippen molar-refractivity contribution < 1.29 is 14.3 Å². The Hall–Kier alpha value is -2.27. The molecule has 2 heterocycles. The van der Waals surface area contributed by atoms with E-state index >= 15 is 0 Å². The van der Waals surface area contributed by atoms with Crippen molar-refractivity contribution in [3.63, 3.8) is 0 Å². The van der Waals surface area contributed by atoms with Crippen LogP contribution in [-0.4, -0.2) is 24.6 Å². The Balaban J connectivity index is 1.63. The van der Waals surface area contributed by atoms with Gasteiger partial charge in [-0.3, -0.25) is 4.79 Å². The molecule has 108 valence electrons. The van der Waals surface area contributed by atoms with Gasteiger partial charge in [-0.2, -0.15) is 0 Å². The van der Waals surface area contributed by atoms with Gasteiger partial charge in [-0.25, -0.2) is 0 Å². The average Bonchev–Trinajstić information content (AvgIpc) is 3.15. The fourth-order valence-electron chi connectivity index (χ4n) is 2.06. The van der Waals surface area contributed by atoms with Crippen LogP contribution in [0.4, 0.5) is 0 Å². The first-order valence-electron chi connectivity index (χ1n) is 6.57. The molecule has 5 heteroatoms. The second-order valence-corrected chi connectivity index (χ2v) is 5.71. The van der Waals surface area contributed by atoms with E-state index in [-0.39, 0.29) is 12.7 Å². The molecule has 2 aromatic rings.